The van der Waals surface area contributed by atoms with Crippen LogP contribution in [0.1, 0.15) is 41.8 Å². The van der Waals surface area contributed by atoms with Gasteiger partial charge in [0.15, 0.2) is 0 Å². The molecule has 0 aliphatic heterocycles. The summed E-state index contributed by atoms with van der Waals surface area (Å²) >= 11 is 6.08. The lowest BCUT2D eigenvalue weighted by Gasteiger charge is -2.38. The average molecular weight is 391 g/mol. The van der Waals surface area contributed by atoms with Crippen LogP contribution in [-0.2, 0) is 6.42 Å². The van der Waals surface area contributed by atoms with Crippen LogP contribution in [-0.4, -0.2) is 43.6 Å². The molecule has 3 rings (SSSR count). The first-order chi connectivity index (χ1) is 13.1. The van der Waals surface area contributed by atoms with Crippen molar-refractivity contribution in [3.8, 4) is 5.75 Å². The van der Waals surface area contributed by atoms with Crippen LogP contribution >= 0.6 is 11.6 Å². The number of methoxy groups -OCH3 is 1. The van der Waals surface area contributed by atoms with Gasteiger partial charge in [0.25, 0.3) is 5.91 Å². The fraction of sp³-hybridized carbons (Fsp3) is 0.476. The zero-order chi connectivity index (χ0) is 19.2. The minimum Gasteiger partial charge on any atom is -0.495 e. The summed E-state index contributed by atoms with van der Waals surface area (Å²) in [5.41, 5.74) is 0.596. The quantitative estimate of drug-likeness (QED) is 0.771. The Morgan fingerprint density at radius 1 is 1.33 bits per heavy atom. The van der Waals surface area contributed by atoms with Gasteiger partial charge in [0.2, 0.25) is 0 Å². The van der Waals surface area contributed by atoms with Gasteiger partial charge >= 0.3 is 0 Å². The lowest BCUT2D eigenvalue weighted by Crippen LogP contribution is -2.52. The second-order valence-electron chi connectivity index (χ2n) is 7.01. The van der Waals surface area contributed by atoms with E-state index in [0.29, 0.717) is 16.3 Å². The molecule has 0 radical (unpaired) electrons. The number of furan rings is 1. The van der Waals surface area contributed by atoms with Gasteiger partial charge in [0.1, 0.15) is 11.5 Å². The van der Waals surface area contributed by atoms with E-state index in [1.165, 1.54) is 6.42 Å². The number of likely N-dealkylation sites (N-methyl/N-ethyl adjacent to an activating group) is 1. The second kappa shape index (κ2) is 9.29. The number of hydrogen-bond donors (Lipinski definition) is 1. The smallest absolute Gasteiger partial charge is 0.254 e. The number of benzene rings is 1. The average Bonchev–Trinajstić information content (AvgIpc) is 3.21. The summed E-state index contributed by atoms with van der Waals surface area (Å²) < 4.78 is 10.6. The number of halogens is 1. The molecule has 27 heavy (non-hydrogen) atoms. The first-order valence-corrected chi connectivity index (χ1v) is 9.84. The molecule has 146 valence electrons. The number of nitrogens with zero attached hydrogens (tertiary/aromatic N) is 1. The summed E-state index contributed by atoms with van der Waals surface area (Å²) in [6.45, 7) is 0.839. The molecule has 1 saturated carbocycles. The van der Waals surface area contributed by atoms with Crippen molar-refractivity contribution in [3.63, 3.8) is 0 Å². The van der Waals surface area contributed by atoms with Gasteiger partial charge in [-0.05, 0) is 43.2 Å². The number of rotatable bonds is 7. The molecule has 5 nitrogen and oxygen atoms in total. The predicted molar refractivity (Wildman–Crippen MR) is 107 cm³/mol. The van der Waals surface area contributed by atoms with E-state index < -0.39 is 0 Å². The number of carbonyl (C=O) groups excluding carboxylic acids is 1. The monoisotopic (exact) mass is 390 g/mol. The summed E-state index contributed by atoms with van der Waals surface area (Å²) in [5, 5.41) is 4.14. The Kier molecular flexibility index (Phi) is 6.80. The van der Waals surface area contributed by atoms with Crippen molar-refractivity contribution >= 4 is 17.5 Å². The molecule has 2 unspecified atom stereocenters. The number of carbonyl (C=O) groups is 1. The highest BCUT2D eigenvalue weighted by atomic mass is 35.5. The van der Waals surface area contributed by atoms with Crippen molar-refractivity contribution in [1.82, 2.24) is 10.2 Å². The first-order valence-electron chi connectivity index (χ1n) is 9.46. The molecule has 1 aliphatic rings. The van der Waals surface area contributed by atoms with E-state index in [0.717, 1.165) is 38.0 Å². The van der Waals surface area contributed by atoms with Crippen molar-refractivity contribution < 1.29 is 13.9 Å². The van der Waals surface area contributed by atoms with Gasteiger partial charge in [0, 0.05) is 37.7 Å². The summed E-state index contributed by atoms with van der Waals surface area (Å²) in [7, 11) is 3.44. The van der Waals surface area contributed by atoms with E-state index in [1.54, 1.807) is 31.6 Å². The van der Waals surface area contributed by atoms with Crippen molar-refractivity contribution in [2.24, 2.45) is 0 Å². The molecule has 0 bridgehead atoms. The fourth-order valence-electron chi connectivity index (χ4n) is 3.80. The van der Waals surface area contributed by atoms with Crippen LogP contribution in [0.4, 0.5) is 0 Å². The summed E-state index contributed by atoms with van der Waals surface area (Å²) in [6.07, 6.45) is 6.96. The van der Waals surface area contributed by atoms with Crippen LogP contribution in [0.2, 0.25) is 5.02 Å². The van der Waals surface area contributed by atoms with Gasteiger partial charge in [0.05, 0.1) is 18.4 Å². The number of amides is 1. The first kappa shape index (κ1) is 19.8. The third-order valence-corrected chi connectivity index (χ3v) is 5.62. The molecule has 1 aromatic heterocycles. The predicted octanol–water partition coefficient (Wildman–Crippen LogP) is 4.16. The third-order valence-electron chi connectivity index (χ3n) is 5.30. The Morgan fingerprint density at radius 3 is 2.89 bits per heavy atom. The molecular weight excluding hydrogens is 364 g/mol. The van der Waals surface area contributed by atoms with Crippen LogP contribution in [0, 0.1) is 0 Å². The fourth-order valence-corrected chi connectivity index (χ4v) is 3.99. The van der Waals surface area contributed by atoms with Crippen molar-refractivity contribution in [2.45, 2.75) is 44.2 Å². The van der Waals surface area contributed by atoms with Crippen LogP contribution in [0.5, 0.6) is 5.75 Å². The number of hydrogen-bond acceptors (Lipinski definition) is 4. The van der Waals surface area contributed by atoms with Crippen molar-refractivity contribution in [1.29, 1.82) is 0 Å². The van der Waals surface area contributed by atoms with Crippen LogP contribution in [0.3, 0.4) is 0 Å². The minimum atomic E-state index is -0.00491. The molecule has 1 heterocycles. The highest BCUT2D eigenvalue weighted by Crippen LogP contribution is 2.28. The zero-order valence-corrected chi connectivity index (χ0v) is 16.7. The lowest BCUT2D eigenvalue weighted by molar-refractivity contribution is 0.0649. The summed E-state index contributed by atoms with van der Waals surface area (Å²) in [6, 6.07) is 9.53. The van der Waals surface area contributed by atoms with Gasteiger partial charge in [-0.3, -0.25) is 4.79 Å². The molecule has 1 amide bonds. The van der Waals surface area contributed by atoms with Crippen LogP contribution < -0.4 is 10.1 Å². The van der Waals surface area contributed by atoms with Crippen molar-refractivity contribution in [3.05, 3.63) is 52.9 Å². The molecule has 6 heteroatoms. The van der Waals surface area contributed by atoms with Crippen molar-refractivity contribution in [2.75, 3.05) is 20.7 Å². The Morgan fingerprint density at radius 2 is 2.15 bits per heavy atom. The normalized spacial score (nSPS) is 19.7. The second-order valence-corrected chi connectivity index (χ2v) is 7.41. The zero-order valence-electron chi connectivity index (χ0n) is 15.9. The molecule has 2 atom stereocenters. The standard InChI is InChI=1S/C21H27ClN2O3/c1-24(21(25)15-9-10-17(22)20(14-15)26-2)19-8-4-3-7-18(19)23-12-11-16-6-5-13-27-16/h5-6,9-10,13-14,18-19,23H,3-4,7-8,11-12H2,1-2H3. The number of ether oxygens (including phenoxy) is 1. The largest absolute Gasteiger partial charge is 0.495 e. The Labute approximate surface area is 165 Å². The molecule has 1 aromatic carbocycles. The van der Waals surface area contributed by atoms with E-state index in [9.17, 15) is 4.79 Å². The molecular formula is C21H27ClN2O3. The summed E-state index contributed by atoms with van der Waals surface area (Å²) in [5.74, 6) is 1.50. The molecule has 2 aromatic rings. The van der Waals surface area contributed by atoms with Gasteiger partial charge in [-0.25, -0.2) is 0 Å². The van der Waals surface area contributed by atoms with Gasteiger partial charge in [-0.15, -0.1) is 0 Å². The Hall–Kier alpha value is -1.98. The Balaban J connectivity index is 1.64. The van der Waals surface area contributed by atoms with Gasteiger partial charge in [-0.1, -0.05) is 24.4 Å². The Bertz CT molecular complexity index is 748. The molecule has 1 N–H and O–H groups in total. The SMILES string of the molecule is COc1cc(C(=O)N(C)C2CCCCC2NCCc2ccco2)ccc1Cl. The number of nitrogens with one attached hydrogen (secondary N) is 1. The van der Waals surface area contributed by atoms with Crippen LogP contribution in [0.25, 0.3) is 0 Å². The minimum absolute atomic E-state index is 0.00491. The van der Waals surface area contributed by atoms with Crippen LogP contribution in [0.15, 0.2) is 41.0 Å². The molecule has 1 fully saturated rings. The molecule has 0 saturated heterocycles. The third kappa shape index (κ3) is 4.85. The van der Waals surface area contributed by atoms with Gasteiger partial charge < -0.3 is 19.4 Å². The van der Waals surface area contributed by atoms with E-state index in [-0.39, 0.29) is 18.0 Å². The van der Waals surface area contributed by atoms with E-state index in [4.69, 9.17) is 20.8 Å². The maximum absolute atomic E-state index is 13.0. The van der Waals surface area contributed by atoms with E-state index >= 15 is 0 Å². The van der Waals surface area contributed by atoms with Gasteiger partial charge in [-0.2, -0.15) is 0 Å². The lowest BCUT2D eigenvalue weighted by atomic mass is 9.89. The van der Waals surface area contributed by atoms with E-state index in [1.807, 2.05) is 24.1 Å². The summed E-state index contributed by atoms with van der Waals surface area (Å²) in [4.78, 5) is 14.9. The van der Waals surface area contributed by atoms with E-state index in [2.05, 4.69) is 5.32 Å². The molecule has 1 aliphatic carbocycles. The highest BCUT2D eigenvalue weighted by Gasteiger charge is 2.31. The highest BCUT2D eigenvalue weighted by molar-refractivity contribution is 6.32. The topological polar surface area (TPSA) is 54.7 Å². The molecule has 0 spiro atoms. The maximum atomic E-state index is 13.0. The maximum Gasteiger partial charge on any atom is 0.254 e.